The van der Waals surface area contributed by atoms with Gasteiger partial charge in [-0.2, -0.15) is 0 Å². The van der Waals surface area contributed by atoms with Gasteiger partial charge in [0.1, 0.15) is 12.3 Å². The lowest BCUT2D eigenvalue weighted by molar-refractivity contribution is -0.119. The van der Waals surface area contributed by atoms with Crippen LogP contribution in [0.5, 0.6) is 5.75 Å². The van der Waals surface area contributed by atoms with E-state index in [2.05, 4.69) is 15.6 Å². The maximum absolute atomic E-state index is 11.7. The summed E-state index contributed by atoms with van der Waals surface area (Å²) >= 11 is 0. The minimum absolute atomic E-state index is 0.000444. The molecule has 0 bridgehead atoms. The Morgan fingerprint density at radius 3 is 2.65 bits per heavy atom. The Labute approximate surface area is 137 Å². The summed E-state index contributed by atoms with van der Waals surface area (Å²) in [5.41, 5.74) is 6.67. The number of methoxy groups -OCH3 is 1. The van der Waals surface area contributed by atoms with E-state index in [4.69, 9.17) is 15.2 Å². The second-order valence-electron chi connectivity index (χ2n) is 4.80. The zero-order chi connectivity index (χ0) is 16.9. The number of ether oxygens (including phenoxy) is 2. The molecule has 0 fully saturated rings. The second-order valence-corrected chi connectivity index (χ2v) is 4.80. The molecule has 1 rings (SSSR count). The van der Waals surface area contributed by atoms with E-state index in [0.29, 0.717) is 26.3 Å². The summed E-state index contributed by atoms with van der Waals surface area (Å²) in [5, 5.41) is 5.72. The molecule has 1 aromatic carbocycles. The molecule has 0 aliphatic rings. The summed E-state index contributed by atoms with van der Waals surface area (Å²) in [5.74, 6) is 0.869. The van der Waals surface area contributed by atoms with E-state index in [-0.39, 0.29) is 18.4 Å². The number of guanidine groups is 1. The lowest BCUT2D eigenvalue weighted by Crippen LogP contribution is -2.34. The minimum Gasteiger partial charge on any atom is -0.497 e. The van der Waals surface area contributed by atoms with Crippen molar-refractivity contribution >= 4 is 11.9 Å². The molecule has 1 amide bonds. The van der Waals surface area contributed by atoms with E-state index in [0.717, 1.165) is 17.7 Å². The summed E-state index contributed by atoms with van der Waals surface area (Å²) < 4.78 is 10.3. The molecular formula is C16H26N4O3. The third kappa shape index (κ3) is 8.67. The van der Waals surface area contributed by atoms with Crippen LogP contribution in [0.3, 0.4) is 0 Å². The maximum atomic E-state index is 11.7. The summed E-state index contributed by atoms with van der Waals surface area (Å²) in [6, 6.07) is 7.50. The van der Waals surface area contributed by atoms with E-state index < -0.39 is 0 Å². The zero-order valence-electron chi connectivity index (χ0n) is 13.8. The summed E-state index contributed by atoms with van der Waals surface area (Å²) in [6.45, 7) is 4.45. The molecule has 1 aromatic rings. The molecule has 0 unspecified atom stereocenters. The summed E-state index contributed by atoms with van der Waals surface area (Å²) in [7, 11) is 1.62. The Hall–Kier alpha value is -2.28. The van der Waals surface area contributed by atoms with Crippen molar-refractivity contribution in [3.8, 4) is 5.75 Å². The van der Waals surface area contributed by atoms with Gasteiger partial charge in [0.05, 0.1) is 7.11 Å². The van der Waals surface area contributed by atoms with Gasteiger partial charge in [0.25, 0.3) is 0 Å². The van der Waals surface area contributed by atoms with E-state index >= 15 is 0 Å². The smallest absolute Gasteiger partial charge is 0.242 e. The third-order valence-electron chi connectivity index (χ3n) is 3.02. The van der Waals surface area contributed by atoms with Crippen LogP contribution in [0.15, 0.2) is 29.3 Å². The molecule has 0 heterocycles. The predicted octanol–water partition coefficient (Wildman–Crippen LogP) is 0.642. The fraction of sp³-hybridized carbons (Fsp3) is 0.500. The van der Waals surface area contributed by atoms with Crippen molar-refractivity contribution in [1.82, 2.24) is 10.6 Å². The largest absolute Gasteiger partial charge is 0.497 e. The van der Waals surface area contributed by atoms with E-state index in [9.17, 15) is 4.79 Å². The topological polar surface area (TPSA) is 98.0 Å². The van der Waals surface area contributed by atoms with Gasteiger partial charge in [-0.15, -0.1) is 0 Å². The van der Waals surface area contributed by atoms with Crippen LogP contribution in [-0.2, 0) is 16.1 Å². The first-order chi connectivity index (χ1) is 11.2. The van der Waals surface area contributed by atoms with Crippen molar-refractivity contribution in [2.75, 3.05) is 33.4 Å². The molecule has 0 aromatic heterocycles. The van der Waals surface area contributed by atoms with Crippen LogP contribution >= 0.6 is 0 Å². The molecule has 128 valence electrons. The first-order valence-corrected chi connectivity index (χ1v) is 7.67. The van der Waals surface area contributed by atoms with Gasteiger partial charge < -0.3 is 25.8 Å². The molecule has 0 saturated heterocycles. The number of hydrogen-bond acceptors (Lipinski definition) is 4. The molecule has 7 heteroatoms. The third-order valence-corrected chi connectivity index (χ3v) is 3.02. The Morgan fingerprint density at radius 1 is 1.26 bits per heavy atom. The normalized spacial score (nSPS) is 11.1. The number of carbonyl (C=O) groups excluding carboxylic acids is 1. The van der Waals surface area contributed by atoms with Crippen LogP contribution in [0.25, 0.3) is 0 Å². The number of nitrogens with two attached hydrogens (primary N) is 1. The highest BCUT2D eigenvalue weighted by Gasteiger charge is 2.01. The molecule has 0 aliphatic heterocycles. The lowest BCUT2D eigenvalue weighted by Gasteiger charge is -2.07. The number of amides is 1. The van der Waals surface area contributed by atoms with E-state index in [1.807, 2.05) is 31.2 Å². The van der Waals surface area contributed by atoms with Gasteiger partial charge in [-0.05, 0) is 31.0 Å². The molecule has 0 aliphatic carbocycles. The number of benzene rings is 1. The van der Waals surface area contributed by atoms with Gasteiger partial charge in [-0.1, -0.05) is 12.1 Å². The van der Waals surface area contributed by atoms with Gasteiger partial charge in [-0.25, -0.2) is 4.99 Å². The first kappa shape index (κ1) is 18.8. The van der Waals surface area contributed by atoms with Crippen LogP contribution in [-0.4, -0.2) is 45.3 Å². The summed E-state index contributed by atoms with van der Waals surface area (Å²) in [6.07, 6.45) is 0.841. The van der Waals surface area contributed by atoms with Crippen molar-refractivity contribution in [3.63, 3.8) is 0 Å². The van der Waals surface area contributed by atoms with Gasteiger partial charge >= 0.3 is 0 Å². The molecule has 7 nitrogen and oxygen atoms in total. The SMILES string of the molecule is CCOCCCNC(N)=NCC(=O)NCc1ccc(OC)cc1. The monoisotopic (exact) mass is 322 g/mol. The average molecular weight is 322 g/mol. The Kier molecular flexibility index (Phi) is 9.23. The second kappa shape index (κ2) is 11.3. The van der Waals surface area contributed by atoms with Gasteiger partial charge in [0, 0.05) is 26.3 Å². The lowest BCUT2D eigenvalue weighted by atomic mass is 10.2. The van der Waals surface area contributed by atoms with Crippen molar-refractivity contribution in [2.45, 2.75) is 19.9 Å². The average Bonchev–Trinajstić information content (AvgIpc) is 2.58. The Morgan fingerprint density at radius 2 is 2.00 bits per heavy atom. The van der Waals surface area contributed by atoms with Crippen molar-refractivity contribution in [2.24, 2.45) is 10.7 Å². The highest BCUT2D eigenvalue weighted by Crippen LogP contribution is 2.10. The zero-order valence-corrected chi connectivity index (χ0v) is 13.8. The minimum atomic E-state index is -0.181. The van der Waals surface area contributed by atoms with Crippen LogP contribution in [0.4, 0.5) is 0 Å². The molecule has 0 spiro atoms. The van der Waals surface area contributed by atoms with Crippen LogP contribution in [0, 0.1) is 0 Å². The van der Waals surface area contributed by atoms with Crippen LogP contribution in [0.2, 0.25) is 0 Å². The molecule has 0 atom stereocenters. The molecular weight excluding hydrogens is 296 g/mol. The fourth-order valence-corrected chi connectivity index (χ4v) is 1.75. The number of hydrogen-bond donors (Lipinski definition) is 3. The molecule has 0 radical (unpaired) electrons. The standard InChI is InChI=1S/C16H26N4O3/c1-3-23-10-4-9-18-16(17)20-12-15(21)19-11-13-5-7-14(22-2)8-6-13/h5-8H,3-4,9-12H2,1-2H3,(H,19,21)(H3,17,18,20). The fourth-order valence-electron chi connectivity index (χ4n) is 1.75. The van der Waals surface area contributed by atoms with E-state index in [1.54, 1.807) is 7.11 Å². The number of nitrogens with one attached hydrogen (secondary N) is 2. The van der Waals surface area contributed by atoms with Crippen molar-refractivity contribution in [3.05, 3.63) is 29.8 Å². The van der Waals surface area contributed by atoms with Gasteiger partial charge in [0.15, 0.2) is 5.96 Å². The first-order valence-electron chi connectivity index (χ1n) is 7.67. The van der Waals surface area contributed by atoms with Crippen LogP contribution in [0.1, 0.15) is 18.9 Å². The van der Waals surface area contributed by atoms with Crippen molar-refractivity contribution in [1.29, 1.82) is 0 Å². The Bertz CT molecular complexity index is 489. The van der Waals surface area contributed by atoms with Crippen LogP contribution < -0.4 is 21.1 Å². The molecule has 0 saturated carbocycles. The van der Waals surface area contributed by atoms with Gasteiger partial charge in [0.2, 0.25) is 5.91 Å². The van der Waals surface area contributed by atoms with Crippen molar-refractivity contribution < 1.29 is 14.3 Å². The Balaban J connectivity index is 2.20. The van der Waals surface area contributed by atoms with Gasteiger partial charge in [-0.3, -0.25) is 4.79 Å². The predicted molar refractivity (Wildman–Crippen MR) is 90.4 cm³/mol. The quantitative estimate of drug-likeness (QED) is 0.334. The number of nitrogens with zero attached hydrogens (tertiary/aromatic N) is 1. The maximum Gasteiger partial charge on any atom is 0.242 e. The highest BCUT2D eigenvalue weighted by molar-refractivity contribution is 5.83. The number of rotatable bonds is 10. The molecule has 23 heavy (non-hydrogen) atoms. The number of aliphatic imine (C=N–C) groups is 1. The van der Waals surface area contributed by atoms with E-state index in [1.165, 1.54) is 0 Å². The summed E-state index contributed by atoms with van der Waals surface area (Å²) in [4.78, 5) is 15.7. The number of carbonyl (C=O) groups is 1. The highest BCUT2D eigenvalue weighted by atomic mass is 16.5. The molecule has 4 N–H and O–H groups in total.